The van der Waals surface area contributed by atoms with Crippen LogP contribution < -0.4 is 26.0 Å². The van der Waals surface area contributed by atoms with E-state index in [-0.39, 0.29) is 27.1 Å². The highest BCUT2D eigenvalue weighted by molar-refractivity contribution is 6.74. The summed E-state index contributed by atoms with van der Waals surface area (Å²) < 4.78 is 2.72. The lowest BCUT2D eigenvalue weighted by Gasteiger charge is -2.43. The smallest absolute Gasteiger partial charge is 0.198 e. The minimum atomic E-state index is -0.161. The summed E-state index contributed by atoms with van der Waals surface area (Å²) in [6.45, 7) is 24.4. The van der Waals surface area contributed by atoms with E-state index in [2.05, 4.69) is 326 Å². The molecule has 1 N–H and O–H groups in total. The molecule has 1 aromatic heterocycles. The normalized spacial score (nSPS) is 16.5. The molecule has 0 spiro atoms. The van der Waals surface area contributed by atoms with E-state index in [1.54, 1.807) is 0 Å². The van der Waals surface area contributed by atoms with Crippen molar-refractivity contribution in [1.29, 1.82) is 0 Å². The molecule has 17 rings (SSSR count). The number of rotatable bonds is 9. The summed E-state index contributed by atoms with van der Waals surface area (Å²) >= 11 is 0. The van der Waals surface area contributed by atoms with Gasteiger partial charge in [-0.1, -0.05) is 214 Å². The molecule has 0 bridgehead atoms. The molecule has 0 radical (unpaired) electrons. The fraction of sp³-hybridized carbons (Fsp3) is 0.218. The number of nitrogens with one attached hydrogen (secondary N) is 1. The third-order valence-corrected chi connectivity index (χ3v) is 22.4. The van der Waals surface area contributed by atoms with Gasteiger partial charge < -0.3 is 19.7 Å². The van der Waals surface area contributed by atoms with Crippen LogP contribution in [-0.2, 0) is 27.1 Å². The first kappa shape index (κ1) is 56.4. The standard InChI is InChI=1S/C87H79BN4/c1-83(2)43-44-84(3,4)71-48-57(35-39-70(71)83)89-75-41-38-61(90(58-26-13-11-14-27-58)59-28-15-12-16-29-59)50-66(75)67-51-78(91(60-36-33-54-23-17-18-25-56(54)47-60)62-37-40-69-65(49-62)64-31-21-22-32-68(64)87(69,9)10)80-79-63-30-20-19-24-55(63)34-42-76(79)92-77-53-73-72(52-74(77)88-81(67)82(80)92)85(5,6)45-46-86(73,7)8/h11-42,47-53,88-89H,43-46H2,1-10H3. The molecule has 2 heterocycles. The van der Waals surface area contributed by atoms with Crippen molar-refractivity contribution in [3.8, 4) is 27.9 Å². The van der Waals surface area contributed by atoms with Crippen molar-refractivity contribution in [2.24, 2.45) is 0 Å². The third-order valence-electron chi connectivity index (χ3n) is 22.4. The zero-order valence-electron chi connectivity index (χ0n) is 54.9. The van der Waals surface area contributed by atoms with Crippen molar-refractivity contribution in [2.45, 2.75) is 122 Å². The first-order chi connectivity index (χ1) is 44.3. The van der Waals surface area contributed by atoms with Crippen molar-refractivity contribution in [3.05, 3.63) is 270 Å². The largest absolute Gasteiger partial charge is 0.355 e. The van der Waals surface area contributed by atoms with Crippen LogP contribution in [0.4, 0.5) is 45.5 Å². The van der Waals surface area contributed by atoms with Gasteiger partial charge in [0.25, 0.3) is 0 Å². The van der Waals surface area contributed by atoms with Crippen LogP contribution in [0.2, 0.25) is 0 Å². The molecular weight excluding hydrogens is 1110 g/mol. The van der Waals surface area contributed by atoms with Crippen molar-refractivity contribution < 1.29 is 0 Å². The van der Waals surface area contributed by atoms with E-state index < -0.39 is 0 Å². The van der Waals surface area contributed by atoms with Gasteiger partial charge in [0.15, 0.2) is 7.28 Å². The van der Waals surface area contributed by atoms with Crippen LogP contribution >= 0.6 is 0 Å². The number of aromatic nitrogens is 1. The van der Waals surface area contributed by atoms with Crippen molar-refractivity contribution >= 4 is 107 Å². The Balaban J connectivity index is 1.04. The molecule has 4 aliphatic rings. The molecule has 3 aliphatic carbocycles. The molecule has 4 nitrogen and oxygen atoms in total. The summed E-state index contributed by atoms with van der Waals surface area (Å²) in [4.78, 5) is 5.06. The minimum absolute atomic E-state index is 0.00160. The van der Waals surface area contributed by atoms with E-state index >= 15 is 0 Å². The Hall–Kier alpha value is -9.58. The highest BCUT2D eigenvalue weighted by Gasteiger charge is 2.42. The van der Waals surface area contributed by atoms with Crippen LogP contribution in [0.15, 0.2) is 237 Å². The first-order valence-corrected chi connectivity index (χ1v) is 33.5. The molecular formula is C87H79BN4. The predicted octanol–water partition coefficient (Wildman–Crippen LogP) is 22.1. The summed E-state index contributed by atoms with van der Waals surface area (Å²) in [5, 5.41) is 11.7. The summed E-state index contributed by atoms with van der Waals surface area (Å²) in [6, 6.07) is 90.6. The van der Waals surface area contributed by atoms with Gasteiger partial charge in [0.1, 0.15) is 0 Å². The second-order valence-electron chi connectivity index (χ2n) is 30.3. The van der Waals surface area contributed by atoms with Gasteiger partial charge in [0.05, 0.1) is 16.7 Å². The van der Waals surface area contributed by atoms with E-state index in [1.807, 2.05) is 0 Å². The van der Waals surface area contributed by atoms with Crippen LogP contribution in [0.1, 0.15) is 128 Å². The molecule has 450 valence electrons. The molecule has 0 atom stereocenters. The zero-order chi connectivity index (χ0) is 62.8. The lowest BCUT2D eigenvalue weighted by atomic mass is 9.55. The Morgan fingerprint density at radius 1 is 0.370 bits per heavy atom. The quantitative estimate of drug-likeness (QED) is 0.146. The zero-order valence-corrected chi connectivity index (χ0v) is 54.9. The summed E-state index contributed by atoms with van der Waals surface area (Å²) in [7, 11) is 0.757. The maximum Gasteiger partial charge on any atom is 0.198 e. The average molecular weight is 1190 g/mol. The average Bonchev–Trinajstić information content (AvgIpc) is 1.48. The van der Waals surface area contributed by atoms with Crippen LogP contribution in [0, 0.1) is 0 Å². The molecule has 0 saturated carbocycles. The Bertz CT molecular complexity index is 5180. The van der Waals surface area contributed by atoms with Crippen molar-refractivity contribution in [2.75, 3.05) is 15.1 Å². The number of benzene rings is 12. The molecule has 0 unspecified atom stereocenters. The molecule has 13 aromatic rings. The van der Waals surface area contributed by atoms with Gasteiger partial charge in [-0.05, 0) is 221 Å². The van der Waals surface area contributed by atoms with Gasteiger partial charge in [-0.25, -0.2) is 0 Å². The topological polar surface area (TPSA) is 23.4 Å². The van der Waals surface area contributed by atoms with Gasteiger partial charge in [0.2, 0.25) is 0 Å². The molecule has 0 amide bonds. The lowest BCUT2D eigenvalue weighted by Crippen LogP contribution is -2.41. The van der Waals surface area contributed by atoms with E-state index in [9.17, 15) is 0 Å². The Morgan fingerprint density at radius 2 is 0.913 bits per heavy atom. The van der Waals surface area contributed by atoms with Crippen molar-refractivity contribution in [3.63, 3.8) is 0 Å². The highest BCUT2D eigenvalue weighted by Crippen LogP contribution is 2.55. The van der Waals surface area contributed by atoms with Crippen molar-refractivity contribution in [1.82, 2.24) is 4.57 Å². The number of hydrogen-bond donors (Lipinski definition) is 1. The monoisotopic (exact) mass is 1190 g/mol. The number of fused-ring (bicyclic) bond motifs is 13. The van der Waals surface area contributed by atoms with E-state index in [1.165, 1.54) is 116 Å². The molecule has 12 aromatic carbocycles. The molecule has 0 fully saturated rings. The lowest BCUT2D eigenvalue weighted by molar-refractivity contribution is 0.332. The first-order valence-electron chi connectivity index (χ1n) is 33.5. The maximum atomic E-state index is 4.23. The summed E-state index contributed by atoms with van der Waals surface area (Å²) in [5.74, 6) is 0. The maximum absolute atomic E-state index is 4.23. The Kier molecular flexibility index (Phi) is 12.4. The van der Waals surface area contributed by atoms with Crippen LogP contribution in [0.3, 0.4) is 0 Å². The van der Waals surface area contributed by atoms with Gasteiger partial charge in [0, 0.05) is 67.2 Å². The molecule has 92 heavy (non-hydrogen) atoms. The van der Waals surface area contributed by atoms with Gasteiger partial charge >= 0.3 is 0 Å². The summed E-state index contributed by atoms with van der Waals surface area (Å²) in [5.41, 5.74) is 28.8. The number of hydrogen-bond acceptors (Lipinski definition) is 3. The van der Waals surface area contributed by atoms with E-state index in [0.29, 0.717) is 0 Å². The second-order valence-corrected chi connectivity index (χ2v) is 30.3. The van der Waals surface area contributed by atoms with Gasteiger partial charge in [-0.2, -0.15) is 0 Å². The van der Waals surface area contributed by atoms with Gasteiger partial charge in [-0.15, -0.1) is 0 Å². The number of nitrogens with zero attached hydrogens (tertiary/aromatic N) is 3. The summed E-state index contributed by atoms with van der Waals surface area (Å²) in [6.07, 6.45) is 4.59. The predicted molar refractivity (Wildman–Crippen MR) is 395 cm³/mol. The number of anilines is 8. The second kappa shape index (κ2) is 20.2. The van der Waals surface area contributed by atoms with Crippen LogP contribution in [-0.4, -0.2) is 11.8 Å². The Labute approximate surface area is 543 Å². The van der Waals surface area contributed by atoms with Crippen LogP contribution in [0.5, 0.6) is 0 Å². The molecule has 5 heteroatoms. The SMILES string of the molecule is CC1(C)CCC(C)(C)c2cc(Nc3ccc(N(c4ccccc4)c4ccccc4)cc3-c3cc(N(c4ccc5c(c4)-c4ccccc4C5(C)C)c4ccc5ccccc5c4)c4c5c6ccccc6ccc5n5c4c3Bc3cc4c(cc3-5)C(C)(C)CCC4(C)C)ccc21. The van der Waals surface area contributed by atoms with E-state index in [4.69, 9.17) is 0 Å². The molecule has 0 saturated heterocycles. The number of para-hydroxylation sites is 2. The third kappa shape index (κ3) is 8.63. The minimum Gasteiger partial charge on any atom is -0.355 e. The molecule has 1 aliphatic heterocycles. The van der Waals surface area contributed by atoms with Crippen LogP contribution in [0.25, 0.3) is 71.3 Å². The fourth-order valence-electron chi connectivity index (χ4n) is 17.1. The van der Waals surface area contributed by atoms with Gasteiger partial charge in [-0.3, -0.25) is 0 Å². The fourth-order valence-corrected chi connectivity index (χ4v) is 17.1. The van der Waals surface area contributed by atoms with E-state index in [0.717, 1.165) is 77.6 Å². The highest BCUT2D eigenvalue weighted by atomic mass is 15.2. The Morgan fingerprint density at radius 3 is 1.64 bits per heavy atom.